The standard InChI is InChI=1S/C25H25N3O3S/c1-17-14-27(16-26-17)15-25(2)23(28-20(29)13-21(28)32-25)24(30)31-22(18-9-5-3-6-10-18)19-11-7-4-8-12-19/h3-12,14,16,21-23H,13,15H2,1-2H3/t21-,23+,25+/m1/s1. The highest BCUT2D eigenvalue weighted by atomic mass is 32.2. The Morgan fingerprint density at radius 1 is 1.16 bits per heavy atom. The summed E-state index contributed by atoms with van der Waals surface area (Å²) in [7, 11) is 0. The van der Waals surface area contributed by atoms with Gasteiger partial charge in [-0.15, -0.1) is 11.8 Å². The number of benzene rings is 2. The Morgan fingerprint density at radius 2 is 1.78 bits per heavy atom. The molecule has 164 valence electrons. The van der Waals surface area contributed by atoms with Gasteiger partial charge in [0.1, 0.15) is 6.04 Å². The third-order valence-electron chi connectivity index (χ3n) is 6.13. The maximum absolute atomic E-state index is 13.7. The number of imidazole rings is 1. The summed E-state index contributed by atoms with van der Waals surface area (Å²) in [4.78, 5) is 32.2. The van der Waals surface area contributed by atoms with Crippen molar-refractivity contribution in [2.45, 2.75) is 49.1 Å². The molecule has 2 aliphatic heterocycles. The molecule has 5 rings (SSSR count). The van der Waals surface area contributed by atoms with E-state index in [0.29, 0.717) is 13.0 Å². The lowest BCUT2D eigenvalue weighted by molar-refractivity contribution is -0.164. The summed E-state index contributed by atoms with van der Waals surface area (Å²) >= 11 is 1.68. The molecule has 0 saturated carbocycles. The number of β-lactam (4-membered cyclic amide) rings is 1. The zero-order chi connectivity index (χ0) is 22.3. The highest BCUT2D eigenvalue weighted by Crippen LogP contribution is 2.52. The first-order valence-corrected chi connectivity index (χ1v) is 11.6. The molecule has 0 unspecified atom stereocenters. The van der Waals surface area contributed by atoms with E-state index >= 15 is 0 Å². The summed E-state index contributed by atoms with van der Waals surface area (Å²) in [6.07, 6.45) is 3.67. The van der Waals surface area contributed by atoms with Gasteiger partial charge >= 0.3 is 5.97 Å². The van der Waals surface area contributed by atoms with Gasteiger partial charge in [-0.1, -0.05) is 60.7 Å². The Bertz CT molecular complexity index is 1090. The maximum atomic E-state index is 13.7. The number of fused-ring (bicyclic) bond motifs is 1. The van der Waals surface area contributed by atoms with Crippen LogP contribution in [0.2, 0.25) is 0 Å². The topological polar surface area (TPSA) is 64.4 Å². The minimum Gasteiger partial charge on any atom is -0.451 e. The Hall–Kier alpha value is -3.06. The summed E-state index contributed by atoms with van der Waals surface area (Å²) in [5.41, 5.74) is 2.72. The predicted octanol–water partition coefficient (Wildman–Crippen LogP) is 3.96. The van der Waals surface area contributed by atoms with Gasteiger partial charge in [0.05, 0.1) is 28.6 Å². The van der Waals surface area contributed by atoms with Crippen LogP contribution in [0.3, 0.4) is 0 Å². The number of esters is 1. The van der Waals surface area contributed by atoms with Crippen LogP contribution in [0.25, 0.3) is 0 Å². The van der Waals surface area contributed by atoms with Crippen molar-refractivity contribution < 1.29 is 14.3 Å². The molecule has 2 saturated heterocycles. The van der Waals surface area contributed by atoms with E-state index in [4.69, 9.17) is 4.74 Å². The molecule has 1 aromatic heterocycles. The minimum atomic E-state index is -0.656. The van der Waals surface area contributed by atoms with Crippen LogP contribution >= 0.6 is 11.8 Å². The van der Waals surface area contributed by atoms with E-state index in [1.165, 1.54) is 0 Å². The number of thioether (sulfide) groups is 1. The first-order chi connectivity index (χ1) is 15.4. The maximum Gasteiger partial charge on any atom is 0.331 e. The van der Waals surface area contributed by atoms with Crippen LogP contribution in [0.4, 0.5) is 0 Å². The molecule has 0 bridgehead atoms. The lowest BCUT2D eigenvalue weighted by atomic mass is 9.95. The van der Waals surface area contributed by atoms with Gasteiger partial charge in [0.15, 0.2) is 6.10 Å². The molecule has 2 fully saturated rings. The monoisotopic (exact) mass is 447 g/mol. The van der Waals surface area contributed by atoms with Crippen molar-refractivity contribution in [1.29, 1.82) is 0 Å². The molecule has 0 aliphatic carbocycles. The number of aryl methyl sites for hydroxylation is 1. The number of hydrogen-bond acceptors (Lipinski definition) is 5. The Balaban J connectivity index is 1.46. The number of rotatable bonds is 6. The van der Waals surface area contributed by atoms with E-state index in [9.17, 15) is 9.59 Å². The molecule has 1 amide bonds. The zero-order valence-corrected chi connectivity index (χ0v) is 18.9. The Kier molecular flexibility index (Phi) is 5.29. The first kappa shape index (κ1) is 20.8. The largest absolute Gasteiger partial charge is 0.451 e. The summed E-state index contributed by atoms with van der Waals surface area (Å²) < 4.78 is 7.65. The number of hydrogen-bond donors (Lipinski definition) is 0. The van der Waals surface area contributed by atoms with Crippen molar-refractivity contribution in [3.8, 4) is 0 Å². The quantitative estimate of drug-likeness (QED) is 0.423. The van der Waals surface area contributed by atoms with Gasteiger partial charge in [-0.05, 0) is 25.0 Å². The van der Waals surface area contributed by atoms with Gasteiger partial charge in [-0.2, -0.15) is 0 Å². The van der Waals surface area contributed by atoms with E-state index in [-0.39, 0.29) is 17.3 Å². The van der Waals surface area contributed by atoms with Gasteiger partial charge in [0.25, 0.3) is 0 Å². The third kappa shape index (κ3) is 3.71. The summed E-state index contributed by atoms with van der Waals surface area (Å²) in [5, 5.41) is 0.0153. The summed E-state index contributed by atoms with van der Waals surface area (Å²) in [6.45, 7) is 4.55. The molecule has 3 atom stereocenters. The number of nitrogens with zero attached hydrogens (tertiary/aromatic N) is 3. The average Bonchev–Trinajstić information content (AvgIpc) is 3.30. The van der Waals surface area contributed by atoms with Gasteiger partial charge in [-0.3, -0.25) is 4.79 Å². The fourth-order valence-electron chi connectivity index (χ4n) is 4.65. The van der Waals surface area contributed by atoms with E-state index in [0.717, 1.165) is 16.8 Å². The first-order valence-electron chi connectivity index (χ1n) is 10.7. The normalized spacial score (nSPS) is 24.3. The minimum absolute atomic E-state index is 0.00552. The van der Waals surface area contributed by atoms with Crippen LogP contribution in [-0.4, -0.2) is 42.5 Å². The lowest BCUT2D eigenvalue weighted by Gasteiger charge is -2.38. The number of amides is 1. The molecule has 0 radical (unpaired) electrons. The van der Waals surface area contributed by atoms with Crippen molar-refractivity contribution in [3.05, 3.63) is 90.0 Å². The van der Waals surface area contributed by atoms with Crippen LogP contribution in [0.5, 0.6) is 0 Å². The van der Waals surface area contributed by atoms with Crippen molar-refractivity contribution in [2.24, 2.45) is 0 Å². The molecule has 2 aromatic carbocycles. The zero-order valence-electron chi connectivity index (χ0n) is 18.0. The molecule has 7 heteroatoms. The number of carbonyl (C=O) groups is 2. The second-order valence-electron chi connectivity index (χ2n) is 8.62. The van der Waals surface area contributed by atoms with E-state index in [1.54, 1.807) is 23.0 Å². The molecule has 6 nitrogen and oxygen atoms in total. The smallest absolute Gasteiger partial charge is 0.331 e. The molecule has 2 aliphatic rings. The molecular weight excluding hydrogens is 422 g/mol. The number of ether oxygens (including phenoxy) is 1. The van der Waals surface area contributed by atoms with Crippen LogP contribution < -0.4 is 0 Å². The number of aromatic nitrogens is 2. The highest BCUT2D eigenvalue weighted by molar-refractivity contribution is 8.01. The number of carbonyl (C=O) groups excluding carboxylic acids is 2. The van der Waals surface area contributed by atoms with Crippen molar-refractivity contribution in [2.75, 3.05) is 0 Å². The van der Waals surface area contributed by atoms with Crippen molar-refractivity contribution in [1.82, 2.24) is 14.5 Å². The Labute approximate surface area is 191 Å². The van der Waals surface area contributed by atoms with Gasteiger partial charge < -0.3 is 14.2 Å². The molecule has 32 heavy (non-hydrogen) atoms. The lowest BCUT2D eigenvalue weighted by Crippen LogP contribution is -2.58. The van der Waals surface area contributed by atoms with E-state index in [2.05, 4.69) is 4.98 Å². The molecule has 0 spiro atoms. The molecule has 3 heterocycles. The fraction of sp³-hybridized carbons (Fsp3) is 0.320. The van der Waals surface area contributed by atoms with Gasteiger partial charge in [0, 0.05) is 12.7 Å². The van der Waals surface area contributed by atoms with Crippen molar-refractivity contribution >= 4 is 23.6 Å². The average molecular weight is 448 g/mol. The molecule has 0 N–H and O–H groups in total. The fourth-order valence-corrected chi connectivity index (χ4v) is 6.41. The van der Waals surface area contributed by atoms with Gasteiger partial charge in [-0.25, -0.2) is 9.78 Å². The molecule has 3 aromatic rings. The Morgan fingerprint density at radius 3 is 2.31 bits per heavy atom. The second kappa shape index (κ2) is 8.13. The third-order valence-corrected chi connectivity index (χ3v) is 7.69. The predicted molar refractivity (Wildman–Crippen MR) is 123 cm³/mol. The summed E-state index contributed by atoms with van der Waals surface area (Å²) in [6, 6.07) is 18.8. The van der Waals surface area contributed by atoms with E-state index in [1.807, 2.05) is 85.3 Å². The van der Waals surface area contributed by atoms with Crippen LogP contribution in [0.15, 0.2) is 73.2 Å². The SMILES string of the molecule is Cc1cn(C[C@]2(C)S[C@@H]3CC(=O)N3[C@H]2C(=O)OC(c2ccccc2)c2ccccc2)cn1. The highest BCUT2D eigenvalue weighted by Gasteiger charge is 2.61. The molecular formula is C25H25N3O3S. The van der Waals surface area contributed by atoms with E-state index < -0.39 is 16.9 Å². The summed E-state index contributed by atoms with van der Waals surface area (Å²) in [5.74, 6) is -0.365. The van der Waals surface area contributed by atoms with Crippen LogP contribution in [-0.2, 0) is 20.9 Å². The van der Waals surface area contributed by atoms with Crippen LogP contribution in [0, 0.1) is 6.92 Å². The second-order valence-corrected chi connectivity index (χ2v) is 10.3. The van der Waals surface area contributed by atoms with Crippen molar-refractivity contribution in [3.63, 3.8) is 0 Å². The van der Waals surface area contributed by atoms with Crippen LogP contribution in [0.1, 0.15) is 36.3 Å². The van der Waals surface area contributed by atoms with Gasteiger partial charge in [0.2, 0.25) is 5.91 Å².